The van der Waals surface area contributed by atoms with Gasteiger partial charge in [-0.15, -0.1) is 5.10 Å². The topological polar surface area (TPSA) is 115 Å². The zero-order chi connectivity index (χ0) is 25.1. The Morgan fingerprint density at radius 3 is 2.39 bits per heavy atom. The van der Waals surface area contributed by atoms with E-state index in [4.69, 9.17) is 5.10 Å². The van der Waals surface area contributed by atoms with E-state index in [0.29, 0.717) is 33.8 Å². The van der Waals surface area contributed by atoms with E-state index < -0.39 is 11.0 Å². The Bertz CT molecular complexity index is 1440. The number of hydrogen-bond donors (Lipinski definition) is 2. The number of para-hydroxylation sites is 1. The van der Waals surface area contributed by atoms with Crippen molar-refractivity contribution in [1.29, 1.82) is 0 Å². The highest BCUT2D eigenvalue weighted by Crippen LogP contribution is 2.37. The monoisotopic (exact) mass is 498 g/mol. The Labute approximate surface area is 211 Å². The quantitative estimate of drug-likeness (QED) is 0.199. The number of carbonyl (C=O) groups excluding carboxylic acids is 1. The molecule has 0 saturated heterocycles. The third-order valence-electron chi connectivity index (χ3n) is 5.74. The maximum Gasteiger partial charge on any atom is 0.269 e. The fraction of sp³-hybridized carbons (Fsp3) is 0.115. The lowest BCUT2D eigenvalue weighted by Gasteiger charge is -2.28. The first-order chi connectivity index (χ1) is 17.5. The summed E-state index contributed by atoms with van der Waals surface area (Å²) < 4.78 is 1.74. The number of hydrogen-bond acceptors (Lipinski definition) is 7. The Morgan fingerprint density at radius 1 is 1.06 bits per heavy atom. The standard InChI is InChI=1S/C26H22N6O3S/c1-17-22(24(33)28-20-10-6-3-7-11-20)23(19-8-4-2-5-9-19)31-25(27-17)29-26(30-31)36-16-18-12-14-21(15-13-18)32(34)35/h2-15,23H,16H2,1H3,(H,28,33)(H,27,29,30). The lowest BCUT2D eigenvalue weighted by Crippen LogP contribution is -2.31. The molecule has 180 valence electrons. The van der Waals surface area contributed by atoms with Crippen LogP contribution in [-0.2, 0) is 10.5 Å². The summed E-state index contributed by atoms with van der Waals surface area (Å²) in [5.74, 6) is 0.871. The van der Waals surface area contributed by atoms with Gasteiger partial charge >= 0.3 is 0 Å². The number of nitrogens with zero attached hydrogens (tertiary/aromatic N) is 4. The molecule has 2 N–H and O–H groups in total. The highest BCUT2D eigenvalue weighted by atomic mass is 32.2. The lowest BCUT2D eigenvalue weighted by molar-refractivity contribution is -0.384. The molecule has 1 unspecified atom stereocenters. The van der Waals surface area contributed by atoms with Gasteiger partial charge in [-0.3, -0.25) is 14.9 Å². The summed E-state index contributed by atoms with van der Waals surface area (Å²) >= 11 is 1.42. The van der Waals surface area contributed by atoms with Crippen molar-refractivity contribution in [2.75, 3.05) is 10.6 Å². The van der Waals surface area contributed by atoms with Crippen LogP contribution in [-0.4, -0.2) is 25.6 Å². The Balaban J connectivity index is 1.43. The van der Waals surface area contributed by atoms with Crippen LogP contribution in [0.3, 0.4) is 0 Å². The molecule has 0 spiro atoms. The zero-order valence-corrected chi connectivity index (χ0v) is 20.1. The van der Waals surface area contributed by atoms with E-state index >= 15 is 0 Å². The van der Waals surface area contributed by atoms with Crippen molar-refractivity contribution in [3.05, 3.63) is 117 Å². The molecule has 0 saturated carbocycles. The molecule has 9 nitrogen and oxygen atoms in total. The van der Waals surface area contributed by atoms with Crippen LogP contribution in [0.15, 0.2) is 101 Å². The Kier molecular flexibility index (Phi) is 6.50. The van der Waals surface area contributed by atoms with Crippen LogP contribution >= 0.6 is 11.8 Å². The highest BCUT2D eigenvalue weighted by molar-refractivity contribution is 7.98. The average molecular weight is 499 g/mol. The number of carbonyl (C=O) groups is 1. The van der Waals surface area contributed by atoms with Crippen LogP contribution in [0.4, 0.5) is 17.3 Å². The third kappa shape index (κ3) is 4.84. The van der Waals surface area contributed by atoms with Crippen LogP contribution in [0.5, 0.6) is 0 Å². The molecular weight excluding hydrogens is 476 g/mol. The van der Waals surface area contributed by atoms with Crippen molar-refractivity contribution in [1.82, 2.24) is 14.8 Å². The number of anilines is 2. The summed E-state index contributed by atoms with van der Waals surface area (Å²) in [6.07, 6.45) is 0. The minimum absolute atomic E-state index is 0.0529. The second kappa shape index (κ2) is 10.0. The van der Waals surface area contributed by atoms with Crippen molar-refractivity contribution in [3.63, 3.8) is 0 Å². The molecule has 3 aromatic carbocycles. The largest absolute Gasteiger partial charge is 0.328 e. The van der Waals surface area contributed by atoms with Crippen molar-refractivity contribution in [2.24, 2.45) is 0 Å². The molecule has 4 aromatic rings. The van der Waals surface area contributed by atoms with Crippen molar-refractivity contribution in [2.45, 2.75) is 23.9 Å². The van der Waals surface area contributed by atoms with Crippen LogP contribution in [0, 0.1) is 10.1 Å². The number of nitro groups is 1. The van der Waals surface area contributed by atoms with E-state index in [1.165, 1.54) is 23.9 Å². The van der Waals surface area contributed by atoms with Gasteiger partial charge in [-0.25, -0.2) is 4.68 Å². The van der Waals surface area contributed by atoms with Crippen LogP contribution < -0.4 is 10.6 Å². The summed E-state index contributed by atoms with van der Waals surface area (Å²) in [5, 5.41) is 22.4. The number of allylic oxidation sites excluding steroid dienone is 1. The van der Waals surface area contributed by atoms with Gasteiger partial charge in [0.25, 0.3) is 11.6 Å². The SMILES string of the molecule is CC1=C(C(=O)Nc2ccccc2)C(c2ccccc2)n2nc(SCc3ccc([N+](=O)[O-])cc3)nc2N1. The van der Waals surface area contributed by atoms with Crippen LogP contribution in [0.25, 0.3) is 0 Å². The van der Waals surface area contributed by atoms with Gasteiger partial charge in [-0.05, 0) is 30.2 Å². The maximum absolute atomic E-state index is 13.4. The van der Waals surface area contributed by atoms with Crippen molar-refractivity contribution < 1.29 is 9.72 Å². The van der Waals surface area contributed by atoms with Gasteiger partial charge in [-0.2, -0.15) is 4.98 Å². The van der Waals surface area contributed by atoms with E-state index in [-0.39, 0.29) is 11.6 Å². The average Bonchev–Trinajstić information content (AvgIpc) is 3.30. The minimum Gasteiger partial charge on any atom is -0.328 e. The Morgan fingerprint density at radius 2 is 1.72 bits per heavy atom. The molecule has 10 heteroatoms. The molecule has 1 amide bonds. The normalized spacial score (nSPS) is 14.6. The number of benzene rings is 3. The maximum atomic E-state index is 13.4. The van der Waals surface area contributed by atoms with Crippen molar-refractivity contribution in [3.8, 4) is 0 Å². The highest BCUT2D eigenvalue weighted by Gasteiger charge is 2.34. The number of aromatic nitrogens is 3. The van der Waals surface area contributed by atoms with Gasteiger partial charge < -0.3 is 10.6 Å². The van der Waals surface area contributed by atoms with Crippen LogP contribution in [0.2, 0.25) is 0 Å². The number of nitrogens with one attached hydrogen (secondary N) is 2. The first-order valence-electron chi connectivity index (χ1n) is 11.2. The summed E-state index contributed by atoms with van der Waals surface area (Å²) in [6, 6.07) is 25.0. The van der Waals surface area contributed by atoms with Gasteiger partial charge in [0, 0.05) is 29.3 Å². The van der Waals surface area contributed by atoms with E-state index in [1.807, 2.05) is 67.6 Å². The molecule has 5 rings (SSSR count). The molecule has 1 aliphatic rings. The second-order valence-electron chi connectivity index (χ2n) is 8.17. The molecule has 1 aromatic heterocycles. The molecule has 0 fully saturated rings. The molecule has 0 aliphatic carbocycles. The molecule has 0 bridgehead atoms. The summed E-state index contributed by atoms with van der Waals surface area (Å²) in [4.78, 5) is 28.6. The molecule has 1 atom stereocenters. The number of nitro benzene ring substituents is 1. The van der Waals surface area contributed by atoms with Gasteiger partial charge in [0.1, 0.15) is 6.04 Å². The first kappa shape index (κ1) is 23.3. The Hall–Kier alpha value is -4.44. The zero-order valence-electron chi connectivity index (χ0n) is 19.3. The predicted molar refractivity (Wildman–Crippen MR) is 139 cm³/mol. The predicted octanol–water partition coefficient (Wildman–Crippen LogP) is 5.41. The first-order valence-corrected chi connectivity index (χ1v) is 12.2. The summed E-state index contributed by atoms with van der Waals surface area (Å²) in [6.45, 7) is 1.86. The number of rotatable bonds is 7. The van der Waals surface area contributed by atoms with Gasteiger partial charge in [-0.1, -0.05) is 72.4 Å². The van der Waals surface area contributed by atoms with E-state index in [2.05, 4.69) is 15.6 Å². The number of thioether (sulfide) groups is 1. The third-order valence-corrected chi connectivity index (χ3v) is 6.65. The minimum atomic E-state index is -0.465. The number of amides is 1. The number of fused-ring (bicyclic) bond motifs is 1. The van der Waals surface area contributed by atoms with Crippen LogP contribution in [0.1, 0.15) is 24.1 Å². The van der Waals surface area contributed by atoms with E-state index in [0.717, 1.165) is 11.1 Å². The van der Waals surface area contributed by atoms with Crippen molar-refractivity contribution >= 4 is 35.0 Å². The fourth-order valence-corrected chi connectivity index (χ4v) is 4.80. The van der Waals surface area contributed by atoms with Gasteiger partial charge in [0.05, 0.1) is 10.5 Å². The van der Waals surface area contributed by atoms with E-state index in [9.17, 15) is 14.9 Å². The number of non-ortho nitro benzene ring substituents is 1. The van der Waals surface area contributed by atoms with Gasteiger partial charge in [0.15, 0.2) is 0 Å². The lowest BCUT2D eigenvalue weighted by atomic mass is 9.95. The fourth-order valence-electron chi connectivity index (χ4n) is 4.01. The summed E-state index contributed by atoms with van der Waals surface area (Å²) in [5.41, 5.74) is 3.84. The molecule has 1 aliphatic heterocycles. The summed E-state index contributed by atoms with van der Waals surface area (Å²) in [7, 11) is 0. The smallest absolute Gasteiger partial charge is 0.269 e. The molecule has 36 heavy (non-hydrogen) atoms. The second-order valence-corrected chi connectivity index (χ2v) is 9.11. The molecule has 2 heterocycles. The van der Waals surface area contributed by atoms with Gasteiger partial charge in [0.2, 0.25) is 11.1 Å². The van der Waals surface area contributed by atoms with E-state index in [1.54, 1.807) is 16.8 Å². The molecular formula is C26H22N6O3S. The molecule has 0 radical (unpaired) electrons.